The zero-order chi connectivity index (χ0) is 16.9. The van der Waals surface area contributed by atoms with Gasteiger partial charge in [-0.25, -0.2) is 0 Å². The zero-order valence-electron chi connectivity index (χ0n) is 14.2. The number of rotatable bonds is 5. The number of amides is 1. The van der Waals surface area contributed by atoms with Crippen LogP contribution in [-0.4, -0.2) is 16.8 Å². The average Bonchev–Trinajstić information content (AvgIpc) is 3.10. The first kappa shape index (κ1) is 19.6. The predicted molar refractivity (Wildman–Crippen MR) is 106 cm³/mol. The number of hydrogen-bond acceptors (Lipinski definition) is 2. The number of nitrogens with zero attached hydrogens (tertiary/aromatic N) is 1. The van der Waals surface area contributed by atoms with E-state index in [9.17, 15) is 4.79 Å². The van der Waals surface area contributed by atoms with Crippen LogP contribution in [-0.2, 0) is 17.8 Å². The van der Waals surface area contributed by atoms with Crippen molar-refractivity contribution in [1.82, 2.24) is 4.90 Å². The van der Waals surface area contributed by atoms with Crippen LogP contribution in [0.4, 0.5) is 5.69 Å². The van der Waals surface area contributed by atoms with E-state index >= 15 is 0 Å². The molecule has 1 aliphatic rings. The van der Waals surface area contributed by atoms with Crippen molar-refractivity contribution in [1.29, 1.82) is 0 Å². The molecular weight excluding hydrogens is 355 g/mol. The van der Waals surface area contributed by atoms with Crippen molar-refractivity contribution < 1.29 is 4.79 Å². The summed E-state index contributed by atoms with van der Waals surface area (Å²) in [6, 6.07) is 15.6. The van der Waals surface area contributed by atoms with Crippen molar-refractivity contribution in [2.24, 2.45) is 0 Å². The molecular formula is C20H24Cl2N2O. The Hall–Kier alpha value is -1.71. The van der Waals surface area contributed by atoms with Crippen LogP contribution in [0.15, 0.2) is 48.5 Å². The summed E-state index contributed by atoms with van der Waals surface area (Å²) in [5.41, 5.74) is 8.45. The monoisotopic (exact) mass is 378 g/mol. The molecule has 2 aromatic rings. The molecule has 0 atom stereocenters. The molecule has 5 heteroatoms. The molecule has 0 saturated heterocycles. The first-order valence-corrected chi connectivity index (χ1v) is 8.88. The van der Waals surface area contributed by atoms with Crippen molar-refractivity contribution in [3.8, 4) is 0 Å². The van der Waals surface area contributed by atoms with Crippen LogP contribution in [0.3, 0.4) is 0 Å². The van der Waals surface area contributed by atoms with E-state index in [1.807, 2.05) is 53.4 Å². The highest BCUT2D eigenvalue weighted by Crippen LogP contribution is 2.27. The molecule has 0 unspecified atom stereocenters. The number of halogens is 2. The van der Waals surface area contributed by atoms with E-state index in [0.717, 1.165) is 34.7 Å². The lowest BCUT2D eigenvalue weighted by Crippen LogP contribution is -2.39. The van der Waals surface area contributed by atoms with Crippen LogP contribution in [0.5, 0.6) is 0 Å². The van der Waals surface area contributed by atoms with Gasteiger partial charge in [-0.1, -0.05) is 54.8 Å². The minimum atomic E-state index is 0. The van der Waals surface area contributed by atoms with E-state index in [4.69, 9.17) is 17.3 Å². The van der Waals surface area contributed by atoms with Gasteiger partial charge in [-0.15, -0.1) is 12.4 Å². The standard InChI is InChI=1S/C20H23ClN2O.ClH/c21-19-8-4-1-5-16(19)14-23(18-6-2-3-7-18)20(24)13-15-9-11-17(22)12-10-15;/h1,4-5,8-12,18H,2-3,6-7,13-14,22H2;1H. The van der Waals surface area contributed by atoms with Gasteiger partial charge in [-0.05, 0) is 42.2 Å². The van der Waals surface area contributed by atoms with Gasteiger partial charge in [0.2, 0.25) is 5.91 Å². The van der Waals surface area contributed by atoms with Gasteiger partial charge in [0, 0.05) is 23.3 Å². The van der Waals surface area contributed by atoms with Crippen molar-refractivity contribution in [2.75, 3.05) is 5.73 Å². The van der Waals surface area contributed by atoms with Crippen LogP contribution < -0.4 is 5.73 Å². The lowest BCUT2D eigenvalue weighted by Gasteiger charge is -2.29. The third-order valence-corrected chi connectivity index (χ3v) is 5.09. The van der Waals surface area contributed by atoms with E-state index < -0.39 is 0 Å². The fraction of sp³-hybridized carbons (Fsp3) is 0.350. The van der Waals surface area contributed by atoms with Crippen molar-refractivity contribution in [3.05, 3.63) is 64.7 Å². The van der Waals surface area contributed by atoms with E-state index in [-0.39, 0.29) is 18.3 Å². The van der Waals surface area contributed by atoms with Gasteiger partial charge in [0.05, 0.1) is 6.42 Å². The highest BCUT2D eigenvalue weighted by atomic mass is 35.5. The minimum Gasteiger partial charge on any atom is -0.399 e. The molecule has 0 radical (unpaired) electrons. The fourth-order valence-electron chi connectivity index (χ4n) is 3.36. The number of anilines is 1. The molecule has 1 aliphatic carbocycles. The Labute approximate surface area is 160 Å². The zero-order valence-corrected chi connectivity index (χ0v) is 15.7. The molecule has 1 amide bonds. The molecule has 1 saturated carbocycles. The number of nitrogen functional groups attached to an aromatic ring is 1. The second-order valence-corrected chi connectivity index (χ2v) is 6.88. The van der Waals surface area contributed by atoms with Gasteiger partial charge in [0.15, 0.2) is 0 Å². The summed E-state index contributed by atoms with van der Waals surface area (Å²) in [6.07, 6.45) is 4.95. The van der Waals surface area contributed by atoms with Crippen LogP contribution in [0.1, 0.15) is 36.8 Å². The van der Waals surface area contributed by atoms with E-state index in [2.05, 4.69) is 0 Å². The predicted octanol–water partition coefficient (Wildman–Crippen LogP) is 4.86. The number of nitrogens with two attached hydrogens (primary N) is 1. The van der Waals surface area contributed by atoms with Gasteiger partial charge in [0.25, 0.3) is 0 Å². The van der Waals surface area contributed by atoms with E-state index in [0.29, 0.717) is 19.0 Å². The minimum absolute atomic E-state index is 0. The lowest BCUT2D eigenvalue weighted by molar-refractivity contribution is -0.133. The Morgan fingerprint density at radius 1 is 1.08 bits per heavy atom. The molecule has 2 N–H and O–H groups in total. The lowest BCUT2D eigenvalue weighted by atomic mass is 10.1. The van der Waals surface area contributed by atoms with Gasteiger partial charge in [-0.3, -0.25) is 4.79 Å². The van der Waals surface area contributed by atoms with Crippen LogP contribution in [0.2, 0.25) is 5.02 Å². The SMILES string of the molecule is Cl.Nc1ccc(CC(=O)N(Cc2ccccc2Cl)C2CCCC2)cc1. The highest BCUT2D eigenvalue weighted by molar-refractivity contribution is 6.31. The second-order valence-electron chi connectivity index (χ2n) is 6.47. The second kappa shape index (κ2) is 9.12. The van der Waals surface area contributed by atoms with Gasteiger partial charge in [0.1, 0.15) is 0 Å². The normalized spacial score (nSPS) is 14.1. The molecule has 2 aromatic carbocycles. The Bertz CT molecular complexity index is 697. The Morgan fingerprint density at radius 2 is 1.72 bits per heavy atom. The number of carbonyl (C=O) groups is 1. The molecule has 0 spiro atoms. The maximum Gasteiger partial charge on any atom is 0.227 e. The summed E-state index contributed by atoms with van der Waals surface area (Å²) in [5, 5.41) is 0.723. The molecule has 3 rings (SSSR count). The molecule has 1 fully saturated rings. The molecule has 0 aromatic heterocycles. The van der Waals surface area contributed by atoms with Gasteiger partial charge >= 0.3 is 0 Å². The molecule has 0 heterocycles. The van der Waals surface area contributed by atoms with E-state index in [1.54, 1.807) is 0 Å². The number of hydrogen-bond donors (Lipinski definition) is 1. The summed E-state index contributed by atoms with van der Waals surface area (Å²) in [7, 11) is 0. The first-order valence-electron chi connectivity index (χ1n) is 8.51. The summed E-state index contributed by atoms with van der Waals surface area (Å²) in [6.45, 7) is 0.581. The van der Waals surface area contributed by atoms with Crippen molar-refractivity contribution in [2.45, 2.75) is 44.7 Å². The summed E-state index contributed by atoms with van der Waals surface area (Å²) in [5.74, 6) is 0.159. The Balaban J connectivity index is 0.00000225. The van der Waals surface area contributed by atoms with Crippen LogP contribution in [0, 0.1) is 0 Å². The molecule has 0 aliphatic heterocycles. The number of carbonyl (C=O) groups excluding carboxylic acids is 1. The quantitative estimate of drug-likeness (QED) is 0.755. The largest absolute Gasteiger partial charge is 0.399 e. The van der Waals surface area contributed by atoms with Gasteiger partial charge < -0.3 is 10.6 Å². The Kier molecular flexibility index (Phi) is 7.15. The van der Waals surface area contributed by atoms with Crippen LogP contribution in [0.25, 0.3) is 0 Å². The highest BCUT2D eigenvalue weighted by Gasteiger charge is 2.27. The molecule has 25 heavy (non-hydrogen) atoms. The van der Waals surface area contributed by atoms with Gasteiger partial charge in [-0.2, -0.15) is 0 Å². The molecule has 3 nitrogen and oxygen atoms in total. The summed E-state index contributed by atoms with van der Waals surface area (Å²) >= 11 is 6.31. The smallest absolute Gasteiger partial charge is 0.227 e. The van der Waals surface area contributed by atoms with E-state index in [1.165, 1.54) is 12.8 Å². The third kappa shape index (κ3) is 5.13. The molecule has 0 bridgehead atoms. The first-order chi connectivity index (χ1) is 11.6. The third-order valence-electron chi connectivity index (χ3n) is 4.72. The molecule has 134 valence electrons. The average molecular weight is 379 g/mol. The van der Waals surface area contributed by atoms with Crippen molar-refractivity contribution in [3.63, 3.8) is 0 Å². The van der Waals surface area contributed by atoms with Crippen molar-refractivity contribution >= 4 is 35.6 Å². The topological polar surface area (TPSA) is 46.3 Å². The summed E-state index contributed by atoms with van der Waals surface area (Å²) < 4.78 is 0. The number of benzene rings is 2. The summed E-state index contributed by atoms with van der Waals surface area (Å²) in [4.78, 5) is 15.0. The Morgan fingerprint density at radius 3 is 2.36 bits per heavy atom. The van der Waals surface area contributed by atoms with Crippen LogP contribution >= 0.6 is 24.0 Å². The maximum absolute atomic E-state index is 13.0. The maximum atomic E-state index is 13.0. The fourth-order valence-corrected chi connectivity index (χ4v) is 3.55.